The summed E-state index contributed by atoms with van der Waals surface area (Å²) < 4.78 is 0.932. The van der Waals surface area contributed by atoms with Crippen LogP contribution < -0.4 is 11.1 Å². The number of nitrogens with two attached hydrogens (primary N) is 1. The first-order valence-corrected chi connectivity index (χ1v) is 7.85. The maximum absolute atomic E-state index is 12.2. The van der Waals surface area contributed by atoms with Crippen LogP contribution in [0.2, 0.25) is 0 Å². The van der Waals surface area contributed by atoms with Gasteiger partial charge in [0.25, 0.3) is 5.91 Å². The van der Waals surface area contributed by atoms with Crippen molar-refractivity contribution in [3.8, 4) is 0 Å². The molecular weight excluding hydrogens is 290 g/mol. The molecule has 3 heterocycles. The van der Waals surface area contributed by atoms with Crippen LogP contribution in [0.1, 0.15) is 20.8 Å². The predicted molar refractivity (Wildman–Crippen MR) is 84.3 cm³/mol. The number of rotatable bonds is 3. The quantitative estimate of drug-likeness (QED) is 0.781. The molecule has 0 saturated carbocycles. The van der Waals surface area contributed by atoms with Gasteiger partial charge in [-0.2, -0.15) is 11.3 Å². The van der Waals surface area contributed by atoms with Gasteiger partial charge in [-0.25, -0.2) is 0 Å². The molecule has 0 saturated heterocycles. The lowest BCUT2D eigenvalue weighted by Crippen LogP contribution is -2.22. The Morgan fingerprint density at radius 2 is 2.30 bits per heavy atom. The van der Waals surface area contributed by atoms with Gasteiger partial charge in [0.15, 0.2) is 0 Å². The number of nitrogens with zero attached hydrogens (tertiary/aromatic N) is 1. The van der Waals surface area contributed by atoms with Gasteiger partial charge < -0.3 is 11.1 Å². The number of nitrogen functional groups attached to an aromatic ring is 1. The molecule has 4 nitrogen and oxygen atoms in total. The lowest BCUT2D eigenvalue weighted by atomic mass is 10.2. The van der Waals surface area contributed by atoms with E-state index in [0.29, 0.717) is 22.6 Å². The van der Waals surface area contributed by atoms with Crippen molar-refractivity contribution in [3.63, 3.8) is 0 Å². The number of thiophene rings is 2. The van der Waals surface area contributed by atoms with E-state index in [4.69, 9.17) is 5.73 Å². The monoisotopic (exact) mass is 303 g/mol. The molecule has 0 aliphatic rings. The average molecular weight is 303 g/mol. The smallest absolute Gasteiger partial charge is 0.263 e. The lowest BCUT2D eigenvalue weighted by Gasteiger charge is -2.04. The zero-order valence-corrected chi connectivity index (χ0v) is 12.5. The normalized spacial score (nSPS) is 10.8. The summed E-state index contributed by atoms with van der Waals surface area (Å²) in [6, 6.07) is 3.76. The van der Waals surface area contributed by atoms with Crippen molar-refractivity contribution in [2.75, 3.05) is 5.73 Å². The molecule has 0 radical (unpaired) electrons. The highest BCUT2D eigenvalue weighted by Gasteiger charge is 2.16. The van der Waals surface area contributed by atoms with Crippen LogP contribution in [0.3, 0.4) is 0 Å². The van der Waals surface area contributed by atoms with Crippen LogP contribution in [0.4, 0.5) is 5.69 Å². The number of pyridine rings is 1. The van der Waals surface area contributed by atoms with E-state index in [2.05, 4.69) is 15.7 Å². The molecule has 0 fully saturated rings. The van der Waals surface area contributed by atoms with E-state index in [1.807, 2.05) is 24.4 Å². The number of hydrogen-bond acceptors (Lipinski definition) is 5. The van der Waals surface area contributed by atoms with Gasteiger partial charge in [0.05, 0.1) is 10.4 Å². The van der Waals surface area contributed by atoms with Crippen molar-refractivity contribution in [2.24, 2.45) is 0 Å². The Bertz CT molecular complexity index is 776. The molecule has 20 heavy (non-hydrogen) atoms. The molecule has 0 spiro atoms. The van der Waals surface area contributed by atoms with Crippen molar-refractivity contribution in [3.05, 3.63) is 45.1 Å². The number of carbonyl (C=O) groups is 1. The molecule has 0 unspecified atom stereocenters. The Morgan fingerprint density at radius 3 is 3.00 bits per heavy atom. The second kappa shape index (κ2) is 5.22. The third-order valence-corrected chi connectivity index (χ3v) is 5.16. The molecule has 0 bridgehead atoms. The number of hydrogen-bond donors (Lipinski definition) is 2. The van der Waals surface area contributed by atoms with E-state index < -0.39 is 0 Å². The van der Waals surface area contributed by atoms with Gasteiger partial charge in [-0.1, -0.05) is 0 Å². The molecular formula is C14H13N3OS2. The molecule has 0 aliphatic carbocycles. The molecule has 3 rings (SSSR count). The molecule has 1 amide bonds. The van der Waals surface area contributed by atoms with Crippen LogP contribution in [0, 0.1) is 6.92 Å². The Labute approximate surface area is 124 Å². The Morgan fingerprint density at radius 1 is 1.45 bits per heavy atom. The molecule has 3 aromatic heterocycles. The van der Waals surface area contributed by atoms with Gasteiger partial charge in [-0.15, -0.1) is 11.3 Å². The maximum Gasteiger partial charge on any atom is 0.263 e. The fraction of sp³-hybridized carbons (Fsp3) is 0.143. The van der Waals surface area contributed by atoms with Gasteiger partial charge in [0.2, 0.25) is 0 Å². The zero-order valence-electron chi connectivity index (χ0n) is 10.8. The van der Waals surface area contributed by atoms with Crippen LogP contribution in [0.15, 0.2) is 29.1 Å². The molecule has 0 aromatic carbocycles. The summed E-state index contributed by atoms with van der Waals surface area (Å²) >= 11 is 3.01. The average Bonchev–Trinajstić information content (AvgIpc) is 3.01. The fourth-order valence-corrected chi connectivity index (χ4v) is 3.79. The Kier molecular flexibility index (Phi) is 3.42. The number of carbonyl (C=O) groups excluding carboxylic acids is 1. The molecule has 102 valence electrons. The van der Waals surface area contributed by atoms with Crippen LogP contribution in [0.5, 0.6) is 0 Å². The summed E-state index contributed by atoms with van der Waals surface area (Å²) in [5, 5.41) is 7.03. The van der Waals surface area contributed by atoms with E-state index in [1.165, 1.54) is 16.9 Å². The van der Waals surface area contributed by atoms with Crippen LogP contribution in [0.25, 0.3) is 10.2 Å². The van der Waals surface area contributed by atoms with Crippen molar-refractivity contribution >= 4 is 44.5 Å². The van der Waals surface area contributed by atoms with Crippen LogP contribution in [-0.4, -0.2) is 10.9 Å². The summed E-state index contributed by atoms with van der Waals surface area (Å²) in [7, 11) is 0. The molecule has 0 aliphatic heterocycles. The first-order valence-electron chi connectivity index (χ1n) is 6.09. The molecule has 6 heteroatoms. The van der Waals surface area contributed by atoms with Gasteiger partial charge >= 0.3 is 0 Å². The summed E-state index contributed by atoms with van der Waals surface area (Å²) in [6.07, 6.45) is 1.68. The van der Waals surface area contributed by atoms with Gasteiger partial charge in [0, 0.05) is 12.7 Å². The van der Waals surface area contributed by atoms with Crippen molar-refractivity contribution in [1.29, 1.82) is 0 Å². The summed E-state index contributed by atoms with van der Waals surface area (Å²) in [5.41, 5.74) is 9.51. The van der Waals surface area contributed by atoms with E-state index in [-0.39, 0.29) is 5.91 Å². The van der Waals surface area contributed by atoms with Gasteiger partial charge in [0.1, 0.15) is 10.4 Å². The van der Waals surface area contributed by atoms with Crippen LogP contribution in [-0.2, 0) is 6.54 Å². The zero-order chi connectivity index (χ0) is 14.1. The third-order valence-electron chi connectivity index (χ3n) is 3.09. The molecule has 3 N–H and O–H groups in total. The van der Waals surface area contributed by atoms with E-state index in [0.717, 1.165) is 10.3 Å². The van der Waals surface area contributed by atoms with E-state index in [1.54, 1.807) is 17.5 Å². The van der Waals surface area contributed by atoms with Gasteiger partial charge in [-0.3, -0.25) is 9.78 Å². The highest BCUT2D eigenvalue weighted by molar-refractivity contribution is 7.21. The first-order chi connectivity index (χ1) is 9.66. The molecule has 0 atom stereocenters. The second-order valence-corrected chi connectivity index (χ2v) is 6.25. The number of aryl methyl sites for hydroxylation is 1. The Hall–Kier alpha value is -1.92. The third kappa shape index (κ3) is 2.28. The van der Waals surface area contributed by atoms with E-state index >= 15 is 0 Å². The summed E-state index contributed by atoms with van der Waals surface area (Å²) in [5.74, 6) is -0.142. The minimum Gasteiger partial charge on any atom is -0.396 e. The van der Waals surface area contributed by atoms with Crippen molar-refractivity contribution in [2.45, 2.75) is 13.5 Å². The number of amides is 1. The van der Waals surface area contributed by atoms with E-state index in [9.17, 15) is 4.79 Å². The summed E-state index contributed by atoms with van der Waals surface area (Å²) in [6.45, 7) is 2.56. The Balaban J connectivity index is 1.82. The lowest BCUT2D eigenvalue weighted by molar-refractivity contribution is 0.0956. The SMILES string of the molecule is Cc1cscc1CNC(=O)c1sc2cccnc2c1N. The number of nitrogens with one attached hydrogen (secondary N) is 1. The summed E-state index contributed by atoms with van der Waals surface area (Å²) in [4.78, 5) is 17.0. The fourth-order valence-electron chi connectivity index (χ4n) is 1.94. The molecule has 3 aromatic rings. The first kappa shape index (κ1) is 13.1. The topological polar surface area (TPSA) is 68.0 Å². The minimum atomic E-state index is -0.142. The van der Waals surface area contributed by atoms with Crippen LogP contribution >= 0.6 is 22.7 Å². The van der Waals surface area contributed by atoms with Crippen molar-refractivity contribution in [1.82, 2.24) is 10.3 Å². The highest BCUT2D eigenvalue weighted by Crippen LogP contribution is 2.31. The minimum absolute atomic E-state index is 0.142. The van der Waals surface area contributed by atoms with Gasteiger partial charge in [-0.05, 0) is 40.9 Å². The number of aromatic nitrogens is 1. The maximum atomic E-state index is 12.2. The largest absolute Gasteiger partial charge is 0.396 e. The predicted octanol–water partition coefficient (Wildman–Crippen LogP) is 3.18. The second-order valence-electron chi connectivity index (χ2n) is 4.46. The highest BCUT2D eigenvalue weighted by atomic mass is 32.1. The number of anilines is 1. The standard InChI is InChI=1S/C14H13N3OS2/c1-8-6-19-7-9(8)5-17-14(18)13-11(15)12-10(20-13)3-2-4-16-12/h2-4,6-7H,5,15H2,1H3,(H,17,18). The van der Waals surface area contributed by atoms with Crippen molar-refractivity contribution < 1.29 is 4.79 Å². The number of fused-ring (bicyclic) bond motifs is 1.